The van der Waals surface area contributed by atoms with Crippen molar-refractivity contribution in [1.82, 2.24) is 0 Å². The molecule has 0 nitrogen and oxygen atoms in total. The molecule has 0 heteroatoms. The van der Waals surface area contributed by atoms with Crippen LogP contribution in [0.1, 0.15) is 166 Å². The van der Waals surface area contributed by atoms with E-state index in [2.05, 4.69) is 233 Å². The molecule has 2 unspecified atom stereocenters. The van der Waals surface area contributed by atoms with Crippen LogP contribution in [0.5, 0.6) is 0 Å². The second-order valence-corrected chi connectivity index (χ2v) is 18.1. The van der Waals surface area contributed by atoms with Gasteiger partial charge in [0, 0.05) is 5.41 Å². The zero-order chi connectivity index (χ0) is 46.2. The van der Waals surface area contributed by atoms with Gasteiger partial charge in [0.05, 0.1) is 0 Å². The van der Waals surface area contributed by atoms with Crippen LogP contribution in [-0.2, 0) is 11.8 Å². The van der Waals surface area contributed by atoms with Gasteiger partial charge in [-0.1, -0.05) is 238 Å². The summed E-state index contributed by atoms with van der Waals surface area (Å²) in [5.74, 6) is 1.18. The molecule has 0 N–H and O–H groups in total. The second-order valence-electron chi connectivity index (χ2n) is 18.1. The Balaban J connectivity index is 0.000000687. The van der Waals surface area contributed by atoms with Crippen molar-refractivity contribution in [3.05, 3.63) is 229 Å². The maximum Gasteiger partial charge on any atom is 0.0202 e. The van der Waals surface area contributed by atoms with E-state index >= 15 is 0 Å². The molecule has 1 aliphatic carbocycles. The summed E-state index contributed by atoms with van der Waals surface area (Å²) in [4.78, 5) is 0. The standard InChI is InChI=1S/C54H60.C8H10.C2H6/c1-37(2)53-41(6)20-24-50(44(53)9)23-19-40(5)47-29-33-52(34-30-47)54(35-13-14-36-54)51-31-27-46(28-32-51)39(4)18-22-49-26-25-48(42(7)43(49)8)21-17-38(3)45-15-11-10-12-16-45;1-2-8-6-4-3-5-7-8;1-2/h10-12,15-34,37-39H,9,13-14,35-36H2,1-8H3;3-7H,2H2,1H3;1-2H3/b21-17-,22-18-,40-19+,50-23-;;. The number of rotatable bonds is 12. The molecule has 332 valence electrons. The average Bonchev–Trinajstić information content (AvgIpc) is 3.84. The summed E-state index contributed by atoms with van der Waals surface area (Å²) in [5.41, 5.74) is 17.6. The molecule has 1 saturated carbocycles. The van der Waals surface area contributed by atoms with E-state index in [0.717, 1.165) is 11.6 Å². The molecule has 7 rings (SSSR count). The first-order valence-corrected chi connectivity index (χ1v) is 24.2. The number of allylic oxidation sites excluding steroid dienone is 4. The van der Waals surface area contributed by atoms with Crippen LogP contribution in [0, 0.1) is 20.8 Å². The zero-order valence-corrected chi connectivity index (χ0v) is 41.1. The minimum Gasteiger partial charge on any atom is -0.0909 e. The third-order valence-corrected chi connectivity index (χ3v) is 13.6. The van der Waals surface area contributed by atoms with Crippen molar-refractivity contribution in [3.63, 3.8) is 0 Å². The van der Waals surface area contributed by atoms with E-state index in [1.165, 1.54) is 103 Å². The third-order valence-electron chi connectivity index (χ3n) is 13.6. The Morgan fingerprint density at radius 2 is 1.09 bits per heavy atom. The van der Waals surface area contributed by atoms with Gasteiger partial charge in [-0.05, 0) is 147 Å². The summed E-state index contributed by atoms with van der Waals surface area (Å²) in [5, 5.41) is 2.35. The first kappa shape index (κ1) is 49.3. The molecular weight excluding hydrogens is 769 g/mol. The molecule has 1 aliphatic rings. The van der Waals surface area contributed by atoms with Crippen LogP contribution in [0.4, 0.5) is 0 Å². The third kappa shape index (κ3) is 12.3. The smallest absolute Gasteiger partial charge is 0.0202 e. The quantitative estimate of drug-likeness (QED) is 0.115. The lowest BCUT2D eigenvalue weighted by molar-refractivity contribution is 0.535. The summed E-state index contributed by atoms with van der Waals surface area (Å²) in [6.45, 7) is 28.6. The lowest BCUT2D eigenvalue weighted by Gasteiger charge is -2.31. The SMILES string of the molecule is C=c1c(C(C)C)c(C)cc/c1=C/C=C(\C)c1ccc(C2(c3ccc(C(C)/C=C\c4ccc(/C=C\C(C)c5ccccc5)c(C)c4C)cc3)CCCC2)cc1.CC.CCc1ccccc1. The lowest BCUT2D eigenvalue weighted by Crippen LogP contribution is -2.28. The van der Waals surface area contributed by atoms with Gasteiger partial charge in [0.15, 0.2) is 0 Å². The van der Waals surface area contributed by atoms with E-state index < -0.39 is 0 Å². The topological polar surface area (TPSA) is 0 Å². The molecule has 6 aromatic rings. The highest BCUT2D eigenvalue weighted by atomic mass is 14.4. The fraction of sp³-hybridized carbons (Fsp3) is 0.312. The molecule has 0 spiro atoms. The van der Waals surface area contributed by atoms with E-state index in [4.69, 9.17) is 0 Å². The van der Waals surface area contributed by atoms with Gasteiger partial charge in [0.2, 0.25) is 0 Å². The van der Waals surface area contributed by atoms with Gasteiger partial charge in [0.25, 0.3) is 0 Å². The predicted molar refractivity (Wildman–Crippen MR) is 285 cm³/mol. The Hall–Kier alpha value is -5.72. The summed E-state index contributed by atoms with van der Waals surface area (Å²) < 4.78 is 0. The molecule has 0 saturated heterocycles. The van der Waals surface area contributed by atoms with E-state index in [9.17, 15) is 0 Å². The predicted octanol–water partition coefficient (Wildman–Crippen LogP) is 16.8. The number of hydrogen-bond donors (Lipinski definition) is 0. The van der Waals surface area contributed by atoms with Crippen LogP contribution < -0.4 is 10.4 Å². The summed E-state index contributed by atoms with van der Waals surface area (Å²) in [6, 6.07) is 49.1. The van der Waals surface area contributed by atoms with Crippen LogP contribution in [0.15, 0.2) is 152 Å². The number of hydrogen-bond acceptors (Lipinski definition) is 0. The van der Waals surface area contributed by atoms with Crippen molar-refractivity contribution in [2.24, 2.45) is 0 Å². The van der Waals surface area contributed by atoms with Gasteiger partial charge >= 0.3 is 0 Å². The van der Waals surface area contributed by atoms with Crippen molar-refractivity contribution in [2.75, 3.05) is 0 Å². The highest BCUT2D eigenvalue weighted by Crippen LogP contribution is 2.47. The van der Waals surface area contributed by atoms with E-state index in [0.29, 0.717) is 17.8 Å². The summed E-state index contributed by atoms with van der Waals surface area (Å²) >= 11 is 0. The normalized spacial score (nSPS) is 14.9. The number of benzene rings is 6. The van der Waals surface area contributed by atoms with Gasteiger partial charge in [-0.2, -0.15) is 0 Å². The van der Waals surface area contributed by atoms with Crippen LogP contribution in [0.25, 0.3) is 30.4 Å². The largest absolute Gasteiger partial charge is 0.0909 e. The zero-order valence-electron chi connectivity index (χ0n) is 41.1. The Morgan fingerprint density at radius 1 is 0.609 bits per heavy atom. The van der Waals surface area contributed by atoms with Crippen LogP contribution in [0.3, 0.4) is 0 Å². The minimum absolute atomic E-state index is 0.0849. The van der Waals surface area contributed by atoms with E-state index in [1.807, 2.05) is 19.9 Å². The second kappa shape index (κ2) is 23.8. The average molecular weight is 845 g/mol. The molecule has 0 amide bonds. The van der Waals surface area contributed by atoms with Gasteiger partial charge in [-0.15, -0.1) is 0 Å². The van der Waals surface area contributed by atoms with Crippen LogP contribution >= 0.6 is 0 Å². The van der Waals surface area contributed by atoms with Gasteiger partial charge in [-0.3, -0.25) is 0 Å². The lowest BCUT2D eigenvalue weighted by atomic mass is 9.72. The van der Waals surface area contributed by atoms with Crippen molar-refractivity contribution in [1.29, 1.82) is 0 Å². The summed E-state index contributed by atoms with van der Waals surface area (Å²) in [6.07, 6.45) is 19.9. The monoisotopic (exact) mass is 845 g/mol. The first-order valence-electron chi connectivity index (χ1n) is 24.2. The highest BCUT2D eigenvalue weighted by Gasteiger charge is 2.37. The van der Waals surface area contributed by atoms with Crippen molar-refractivity contribution in [3.8, 4) is 0 Å². The molecular formula is C64H76. The maximum absolute atomic E-state index is 4.44. The van der Waals surface area contributed by atoms with Gasteiger partial charge < -0.3 is 0 Å². The molecule has 2 atom stereocenters. The Kier molecular flexibility index (Phi) is 18.3. The van der Waals surface area contributed by atoms with Crippen LogP contribution in [-0.4, -0.2) is 0 Å². The van der Waals surface area contributed by atoms with E-state index in [-0.39, 0.29) is 5.41 Å². The molecule has 0 bridgehead atoms. The fourth-order valence-electron chi connectivity index (χ4n) is 9.36. The van der Waals surface area contributed by atoms with Crippen LogP contribution in [0.2, 0.25) is 0 Å². The highest BCUT2D eigenvalue weighted by molar-refractivity contribution is 5.70. The van der Waals surface area contributed by atoms with Gasteiger partial charge in [-0.25, -0.2) is 0 Å². The van der Waals surface area contributed by atoms with Crippen molar-refractivity contribution in [2.45, 2.75) is 131 Å². The van der Waals surface area contributed by atoms with Gasteiger partial charge in [0.1, 0.15) is 0 Å². The number of aryl methyl sites for hydroxylation is 2. The Bertz CT molecular complexity index is 2570. The Morgan fingerprint density at radius 3 is 1.58 bits per heavy atom. The maximum atomic E-state index is 4.44. The first-order chi connectivity index (χ1) is 30.9. The van der Waals surface area contributed by atoms with Crippen molar-refractivity contribution >= 4 is 30.4 Å². The molecule has 6 aromatic carbocycles. The molecule has 0 aromatic heterocycles. The molecule has 64 heavy (non-hydrogen) atoms. The van der Waals surface area contributed by atoms with E-state index in [1.54, 1.807) is 0 Å². The minimum atomic E-state index is 0.0849. The summed E-state index contributed by atoms with van der Waals surface area (Å²) in [7, 11) is 0. The molecule has 0 heterocycles. The molecule has 1 fully saturated rings. The van der Waals surface area contributed by atoms with Crippen molar-refractivity contribution < 1.29 is 0 Å². The molecule has 0 aliphatic heterocycles. The Labute approximate surface area is 388 Å². The molecule has 0 radical (unpaired) electrons. The fourth-order valence-corrected chi connectivity index (χ4v) is 9.36.